The molecule has 0 heterocycles. The molecule has 0 amide bonds. The second kappa shape index (κ2) is 3.50. The molecule has 0 aliphatic heterocycles. The summed E-state index contributed by atoms with van der Waals surface area (Å²) < 4.78 is 11.7. The molecule has 19 heavy (non-hydrogen) atoms. The largest absolute Gasteiger partial charge is 0.352 e. The van der Waals surface area contributed by atoms with E-state index in [9.17, 15) is 0 Å². The standard InChI is InChI=1S/C17H20O2/c1-9-10(2)12-6-5-11(9)15-13-7-8-14(16(12)15)17(13,18-3)19-4/h5-8,11-16H,1-2H2,3-4H3/t11-,12+,13-,14+,15?,16?. The van der Waals surface area contributed by atoms with Gasteiger partial charge in [0.2, 0.25) is 0 Å². The van der Waals surface area contributed by atoms with Crippen LogP contribution in [0.2, 0.25) is 0 Å². The summed E-state index contributed by atoms with van der Waals surface area (Å²) in [4.78, 5) is 0. The first-order chi connectivity index (χ1) is 9.15. The Morgan fingerprint density at radius 2 is 1.26 bits per heavy atom. The Morgan fingerprint density at radius 1 is 0.842 bits per heavy atom. The number of hydrogen-bond acceptors (Lipinski definition) is 2. The van der Waals surface area contributed by atoms with Gasteiger partial charge in [0.05, 0.1) is 0 Å². The zero-order chi connectivity index (χ0) is 13.4. The summed E-state index contributed by atoms with van der Waals surface area (Å²) in [5.41, 5.74) is 2.44. The zero-order valence-corrected chi connectivity index (χ0v) is 11.5. The lowest BCUT2D eigenvalue weighted by Crippen LogP contribution is -2.41. The van der Waals surface area contributed by atoms with Crippen LogP contribution >= 0.6 is 0 Å². The molecule has 100 valence electrons. The van der Waals surface area contributed by atoms with Crippen molar-refractivity contribution in [2.75, 3.05) is 14.2 Å². The van der Waals surface area contributed by atoms with Gasteiger partial charge >= 0.3 is 0 Å². The van der Waals surface area contributed by atoms with Gasteiger partial charge in [0.25, 0.3) is 0 Å². The van der Waals surface area contributed by atoms with Crippen molar-refractivity contribution in [1.29, 1.82) is 0 Å². The Kier molecular flexibility index (Phi) is 2.15. The minimum atomic E-state index is -0.469. The maximum Gasteiger partial charge on any atom is 0.180 e. The zero-order valence-electron chi connectivity index (χ0n) is 11.5. The van der Waals surface area contributed by atoms with Gasteiger partial charge in [0.1, 0.15) is 0 Å². The highest BCUT2D eigenvalue weighted by molar-refractivity contribution is 5.47. The van der Waals surface area contributed by atoms with Crippen molar-refractivity contribution in [3.8, 4) is 0 Å². The summed E-state index contributed by atoms with van der Waals surface area (Å²) in [6.07, 6.45) is 9.24. The van der Waals surface area contributed by atoms with Gasteiger partial charge in [0, 0.05) is 37.9 Å². The SMILES string of the molecule is C=C1C(=C)[C@@H]2C=C[C@H]1C1C2[C@@H]2C=C[C@H]1C2(OC)OC. The highest BCUT2D eigenvalue weighted by Gasteiger charge is 2.68. The van der Waals surface area contributed by atoms with Crippen molar-refractivity contribution < 1.29 is 9.47 Å². The lowest BCUT2D eigenvalue weighted by atomic mass is 9.56. The molecule has 6 atom stereocenters. The molecule has 0 N–H and O–H groups in total. The third-order valence-corrected chi connectivity index (χ3v) is 5.94. The molecule has 0 spiro atoms. The minimum Gasteiger partial charge on any atom is -0.352 e. The van der Waals surface area contributed by atoms with Crippen molar-refractivity contribution in [2.45, 2.75) is 5.79 Å². The first-order valence-corrected chi connectivity index (χ1v) is 7.00. The Morgan fingerprint density at radius 3 is 1.63 bits per heavy atom. The molecule has 0 radical (unpaired) electrons. The molecule has 5 aliphatic carbocycles. The first-order valence-electron chi connectivity index (χ1n) is 7.00. The lowest BCUT2D eigenvalue weighted by Gasteiger charge is -2.47. The average molecular weight is 256 g/mol. The Labute approximate surface area is 114 Å². The number of methoxy groups -OCH3 is 2. The van der Waals surface area contributed by atoms with Gasteiger partial charge in [-0.15, -0.1) is 0 Å². The summed E-state index contributed by atoms with van der Waals surface area (Å²) >= 11 is 0. The maximum absolute atomic E-state index is 5.85. The molecule has 2 nitrogen and oxygen atoms in total. The number of hydrogen-bond donors (Lipinski definition) is 0. The van der Waals surface area contributed by atoms with Gasteiger partial charge in [-0.05, 0) is 23.0 Å². The number of allylic oxidation sites excluding steroid dienone is 4. The fourth-order valence-electron chi connectivity index (χ4n) is 5.18. The minimum absolute atomic E-state index is 0.333. The highest BCUT2D eigenvalue weighted by Crippen LogP contribution is 2.67. The fourth-order valence-corrected chi connectivity index (χ4v) is 5.18. The van der Waals surface area contributed by atoms with E-state index in [-0.39, 0.29) is 0 Å². The van der Waals surface area contributed by atoms with Crippen LogP contribution in [0.3, 0.4) is 0 Å². The van der Waals surface area contributed by atoms with E-state index in [1.807, 2.05) is 0 Å². The summed E-state index contributed by atoms with van der Waals surface area (Å²) in [6, 6.07) is 0. The van der Waals surface area contributed by atoms with Gasteiger partial charge in [0.15, 0.2) is 5.79 Å². The predicted octanol–water partition coefficient (Wildman–Crippen LogP) is 2.95. The maximum atomic E-state index is 5.85. The molecule has 0 saturated heterocycles. The number of ether oxygens (including phenoxy) is 2. The number of rotatable bonds is 2. The van der Waals surface area contributed by atoms with Crippen LogP contribution in [0.1, 0.15) is 0 Å². The van der Waals surface area contributed by atoms with Gasteiger partial charge in [-0.25, -0.2) is 0 Å². The van der Waals surface area contributed by atoms with E-state index < -0.39 is 5.79 Å². The summed E-state index contributed by atoms with van der Waals surface area (Å²) in [7, 11) is 3.54. The average Bonchev–Trinajstić information content (AvgIpc) is 2.95. The lowest BCUT2D eigenvalue weighted by molar-refractivity contribution is -0.234. The van der Waals surface area contributed by atoms with E-state index in [0.717, 1.165) is 0 Å². The predicted molar refractivity (Wildman–Crippen MR) is 74.2 cm³/mol. The van der Waals surface area contributed by atoms with Crippen LogP contribution in [0.15, 0.2) is 48.6 Å². The molecule has 5 aliphatic rings. The topological polar surface area (TPSA) is 18.5 Å². The van der Waals surface area contributed by atoms with Crippen LogP contribution in [0.5, 0.6) is 0 Å². The van der Waals surface area contributed by atoms with E-state index >= 15 is 0 Å². The molecule has 5 rings (SSSR count). The van der Waals surface area contributed by atoms with Crippen LogP contribution < -0.4 is 0 Å². The normalized spacial score (nSPS) is 48.1. The van der Waals surface area contributed by atoms with Crippen LogP contribution in [0.4, 0.5) is 0 Å². The van der Waals surface area contributed by atoms with E-state index in [1.165, 1.54) is 11.1 Å². The second-order valence-electron chi connectivity index (χ2n) is 6.21. The Bertz CT molecular complexity index is 481. The van der Waals surface area contributed by atoms with Crippen LogP contribution in [0.25, 0.3) is 0 Å². The second-order valence-corrected chi connectivity index (χ2v) is 6.21. The van der Waals surface area contributed by atoms with Crippen LogP contribution in [-0.4, -0.2) is 20.0 Å². The molecule has 4 bridgehead atoms. The first kappa shape index (κ1) is 11.7. The van der Waals surface area contributed by atoms with Crippen molar-refractivity contribution >= 4 is 0 Å². The Balaban J connectivity index is 1.86. The van der Waals surface area contributed by atoms with Crippen molar-refractivity contribution in [1.82, 2.24) is 0 Å². The van der Waals surface area contributed by atoms with Crippen LogP contribution in [-0.2, 0) is 9.47 Å². The summed E-state index contributed by atoms with van der Waals surface area (Å²) in [5.74, 6) is 2.13. The molecule has 0 aromatic carbocycles. The molecular weight excluding hydrogens is 236 g/mol. The number of fused-ring (bicyclic) bond motifs is 3. The van der Waals surface area contributed by atoms with Gasteiger partial charge in [-0.2, -0.15) is 0 Å². The van der Waals surface area contributed by atoms with Gasteiger partial charge < -0.3 is 9.47 Å². The van der Waals surface area contributed by atoms with Crippen molar-refractivity contribution in [2.24, 2.45) is 35.5 Å². The smallest absolute Gasteiger partial charge is 0.180 e. The van der Waals surface area contributed by atoms with Crippen molar-refractivity contribution in [3.05, 3.63) is 48.6 Å². The molecule has 0 aromatic heterocycles. The monoisotopic (exact) mass is 256 g/mol. The van der Waals surface area contributed by atoms with Gasteiger partial charge in [-0.1, -0.05) is 37.5 Å². The Hall–Kier alpha value is -1.12. The third kappa shape index (κ3) is 1.08. The summed E-state index contributed by atoms with van der Waals surface area (Å²) in [6.45, 7) is 8.53. The fraction of sp³-hybridized carbons (Fsp3) is 0.529. The summed E-state index contributed by atoms with van der Waals surface area (Å²) in [5, 5.41) is 0. The molecular formula is C17H20O2. The van der Waals surface area contributed by atoms with E-state index in [1.54, 1.807) is 14.2 Å². The van der Waals surface area contributed by atoms with E-state index in [2.05, 4.69) is 37.5 Å². The molecule has 2 heteroatoms. The van der Waals surface area contributed by atoms with E-state index in [4.69, 9.17) is 9.47 Å². The molecule has 2 unspecified atom stereocenters. The van der Waals surface area contributed by atoms with E-state index in [0.29, 0.717) is 35.5 Å². The highest BCUT2D eigenvalue weighted by atomic mass is 16.7. The molecule has 0 aromatic rings. The quantitative estimate of drug-likeness (QED) is 0.558. The molecule has 2 saturated carbocycles. The van der Waals surface area contributed by atoms with Crippen LogP contribution in [0, 0.1) is 35.5 Å². The van der Waals surface area contributed by atoms with Crippen molar-refractivity contribution in [3.63, 3.8) is 0 Å². The van der Waals surface area contributed by atoms with Gasteiger partial charge in [-0.3, -0.25) is 0 Å². The third-order valence-electron chi connectivity index (χ3n) is 5.94. The molecule has 2 fully saturated rings.